The third-order valence-electron chi connectivity index (χ3n) is 4.49. The van der Waals surface area contributed by atoms with Crippen LogP contribution in [-0.4, -0.2) is 32.8 Å². The first-order valence-corrected chi connectivity index (χ1v) is 9.84. The van der Waals surface area contributed by atoms with Crippen molar-refractivity contribution in [2.24, 2.45) is 17.4 Å². The van der Waals surface area contributed by atoms with Gasteiger partial charge in [0.15, 0.2) is 11.5 Å². The highest BCUT2D eigenvalue weighted by Gasteiger charge is 2.19. The Hall–Kier alpha value is -4.01. The molecule has 0 radical (unpaired) electrons. The van der Waals surface area contributed by atoms with Gasteiger partial charge in [0, 0.05) is 17.4 Å². The summed E-state index contributed by atoms with van der Waals surface area (Å²) in [5.74, 6) is -0.481. The van der Waals surface area contributed by atoms with Gasteiger partial charge in [-0.3, -0.25) is 14.6 Å². The summed E-state index contributed by atoms with van der Waals surface area (Å²) in [4.78, 5) is 36.4. The van der Waals surface area contributed by atoms with Crippen molar-refractivity contribution in [3.05, 3.63) is 60.6 Å². The van der Waals surface area contributed by atoms with Crippen LogP contribution in [0.2, 0.25) is 0 Å². The molecule has 9 heteroatoms. The normalized spacial score (nSPS) is 11.7. The Bertz CT molecular complexity index is 1050. The molecule has 0 aliphatic carbocycles. The van der Waals surface area contributed by atoms with Gasteiger partial charge in [0.25, 0.3) is 5.91 Å². The van der Waals surface area contributed by atoms with Crippen LogP contribution in [0.25, 0.3) is 11.3 Å². The van der Waals surface area contributed by atoms with Crippen molar-refractivity contribution >= 4 is 29.1 Å². The lowest BCUT2D eigenvalue weighted by Gasteiger charge is -2.18. The predicted molar refractivity (Wildman–Crippen MR) is 120 cm³/mol. The molecule has 1 atom stereocenters. The van der Waals surface area contributed by atoms with E-state index in [1.54, 1.807) is 6.20 Å². The van der Waals surface area contributed by atoms with Crippen molar-refractivity contribution in [1.82, 2.24) is 15.0 Å². The van der Waals surface area contributed by atoms with Gasteiger partial charge in [0.2, 0.25) is 5.91 Å². The van der Waals surface area contributed by atoms with E-state index in [4.69, 9.17) is 11.5 Å². The van der Waals surface area contributed by atoms with Crippen molar-refractivity contribution in [3.63, 3.8) is 0 Å². The van der Waals surface area contributed by atoms with Gasteiger partial charge >= 0.3 is 0 Å². The van der Waals surface area contributed by atoms with Crippen molar-refractivity contribution in [1.29, 1.82) is 0 Å². The lowest BCUT2D eigenvalue weighted by atomic mass is 10.0. The van der Waals surface area contributed by atoms with E-state index < -0.39 is 17.9 Å². The number of pyridine rings is 1. The van der Waals surface area contributed by atoms with E-state index in [2.05, 4.69) is 25.6 Å². The third kappa shape index (κ3) is 5.75. The van der Waals surface area contributed by atoms with E-state index in [1.807, 2.05) is 56.3 Å². The molecular weight excluding hydrogens is 394 g/mol. The third-order valence-corrected chi connectivity index (χ3v) is 4.49. The van der Waals surface area contributed by atoms with Gasteiger partial charge in [0.05, 0.1) is 11.9 Å². The molecule has 0 aliphatic rings. The molecule has 9 nitrogen and oxygen atoms in total. The van der Waals surface area contributed by atoms with Gasteiger partial charge in [-0.2, -0.15) is 0 Å². The fraction of sp³-hybridized carbons (Fsp3) is 0.227. The highest BCUT2D eigenvalue weighted by molar-refractivity contribution is 5.96. The van der Waals surface area contributed by atoms with Crippen molar-refractivity contribution in [2.45, 2.75) is 26.3 Å². The number of primary amides is 2. The quantitative estimate of drug-likeness (QED) is 0.416. The van der Waals surface area contributed by atoms with Gasteiger partial charge in [-0.1, -0.05) is 32.0 Å². The fourth-order valence-corrected chi connectivity index (χ4v) is 3.02. The number of rotatable bonds is 9. The number of benzene rings is 1. The first-order valence-electron chi connectivity index (χ1n) is 9.84. The molecule has 2 aromatic heterocycles. The minimum Gasteiger partial charge on any atom is -0.368 e. The van der Waals surface area contributed by atoms with Gasteiger partial charge in [-0.15, -0.1) is 0 Å². The summed E-state index contributed by atoms with van der Waals surface area (Å²) in [6.07, 6.45) is 3.62. The molecule has 1 unspecified atom stereocenters. The number of carbonyl (C=O) groups is 2. The first kappa shape index (κ1) is 21.7. The predicted octanol–water partition coefficient (Wildman–Crippen LogP) is 2.69. The maximum atomic E-state index is 11.8. The molecule has 2 heterocycles. The summed E-state index contributed by atoms with van der Waals surface area (Å²) < 4.78 is 0. The highest BCUT2D eigenvalue weighted by atomic mass is 16.1. The molecule has 3 rings (SSSR count). The Labute approximate surface area is 180 Å². The summed E-state index contributed by atoms with van der Waals surface area (Å²) in [6, 6.07) is 12.5. The summed E-state index contributed by atoms with van der Waals surface area (Å²) in [6.45, 7) is 3.97. The molecule has 0 saturated heterocycles. The number of hydrogen-bond donors (Lipinski definition) is 4. The molecule has 0 bridgehead atoms. The van der Waals surface area contributed by atoms with Crippen LogP contribution in [0.5, 0.6) is 0 Å². The van der Waals surface area contributed by atoms with E-state index in [1.165, 1.54) is 6.20 Å². The lowest BCUT2D eigenvalue weighted by Crippen LogP contribution is -2.37. The molecule has 0 spiro atoms. The maximum absolute atomic E-state index is 11.8. The SMILES string of the molecule is CC(C)CC(Nc1cnc(C(N)=O)c(Nc2ccc(-c3ccccn3)cc2)n1)C(N)=O. The summed E-state index contributed by atoms with van der Waals surface area (Å²) in [5, 5.41) is 6.05. The molecule has 0 fully saturated rings. The number of aromatic nitrogens is 3. The number of carbonyl (C=O) groups excluding carboxylic acids is 2. The minimum absolute atomic E-state index is 0.0150. The number of amides is 2. The van der Waals surface area contributed by atoms with Crippen LogP contribution in [0.1, 0.15) is 30.8 Å². The van der Waals surface area contributed by atoms with Crippen molar-refractivity contribution in [3.8, 4) is 11.3 Å². The number of nitrogens with two attached hydrogens (primary N) is 2. The molecule has 0 aliphatic heterocycles. The summed E-state index contributed by atoms with van der Waals surface area (Å²) >= 11 is 0. The zero-order chi connectivity index (χ0) is 22.4. The standard InChI is InChI=1S/C22H25N7O2/c1-13(2)11-17(20(23)30)28-18-12-26-19(21(24)31)22(29-18)27-15-8-6-14(7-9-15)16-5-3-4-10-25-16/h3-10,12-13,17H,11H2,1-2H3,(H2,23,30)(H2,24,31)(H2,27,28,29). The minimum atomic E-state index is -0.722. The second-order valence-electron chi connectivity index (χ2n) is 7.46. The van der Waals surface area contributed by atoms with E-state index in [0.717, 1.165) is 11.3 Å². The van der Waals surface area contributed by atoms with Gasteiger partial charge < -0.3 is 22.1 Å². The first-order chi connectivity index (χ1) is 14.8. The summed E-state index contributed by atoms with van der Waals surface area (Å²) in [7, 11) is 0. The largest absolute Gasteiger partial charge is 0.368 e. The molecule has 2 amide bonds. The van der Waals surface area contributed by atoms with Crippen molar-refractivity contribution in [2.75, 3.05) is 10.6 Å². The Morgan fingerprint density at radius 1 is 1.03 bits per heavy atom. The van der Waals surface area contributed by atoms with E-state index in [-0.39, 0.29) is 17.4 Å². The Morgan fingerprint density at radius 2 is 1.77 bits per heavy atom. The van der Waals surface area contributed by atoms with Crippen LogP contribution in [0.15, 0.2) is 54.9 Å². The smallest absolute Gasteiger partial charge is 0.271 e. The van der Waals surface area contributed by atoms with Crippen LogP contribution in [-0.2, 0) is 4.79 Å². The van der Waals surface area contributed by atoms with Crippen molar-refractivity contribution < 1.29 is 9.59 Å². The Balaban J connectivity index is 1.84. The molecule has 1 aromatic carbocycles. The molecule has 6 N–H and O–H groups in total. The van der Waals surface area contributed by atoms with E-state index in [0.29, 0.717) is 17.9 Å². The van der Waals surface area contributed by atoms with Gasteiger partial charge in [0.1, 0.15) is 11.9 Å². The Kier molecular flexibility index (Phi) is 6.76. The molecule has 0 saturated carbocycles. The average Bonchev–Trinajstić information content (AvgIpc) is 2.74. The maximum Gasteiger partial charge on any atom is 0.271 e. The molecule has 31 heavy (non-hydrogen) atoms. The monoisotopic (exact) mass is 419 g/mol. The summed E-state index contributed by atoms with van der Waals surface area (Å²) in [5.41, 5.74) is 13.4. The molecule has 3 aromatic rings. The zero-order valence-electron chi connectivity index (χ0n) is 17.4. The van der Waals surface area contributed by atoms with Crippen LogP contribution < -0.4 is 22.1 Å². The van der Waals surface area contributed by atoms with E-state index >= 15 is 0 Å². The number of anilines is 3. The second-order valence-corrected chi connectivity index (χ2v) is 7.46. The highest BCUT2D eigenvalue weighted by Crippen LogP contribution is 2.23. The van der Waals surface area contributed by atoms with Gasteiger partial charge in [-0.05, 0) is 36.6 Å². The van der Waals surface area contributed by atoms with Crippen LogP contribution in [0.4, 0.5) is 17.3 Å². The van der Waals surface area contributed by atoms with Crippen LogP contribution in [0.3, 0.4) is 0 Å². The Morgan fingerprint density at radius 3 is 2.35 bits per heavy atom. The number of hydrogen-bond acceptors (Lipinski definition) is 7. The number of nitrogens with one attached hydrogen (secondary N) is 2. The zero-order valence-corrected chi connectivity index (χ0v) is 17.4. The topological polar surface area (TPSA) is 149 Å². The van der Waals surface area contributed by atoms with E-state index in [9.17, 15) is 9.59 Å². The van der Waals surface area contributed by atoms with Crippen LogP contribution in [0, 0.1) is 5.92 Å². The molecule has 160 valence electrons. The fourth-order valence-electron chi connectivity index (χ4n) is 3.02. The van der Waals surface area contributed by atoms with Crippen LogP contribution >= 0.6 is 0 Å². The lowest BCUT2D eigenvalue weighted by molar-refractivity contribution is -0.119. The average molecular weight is 419 g/mol. The van der Waals surface area contributed by atoms with Gasteiger partial charge in [-0.25, -0.2) is 9.97 Å². The second kappa shape index (κ2) is 9.66. The molecular formula is C22H25N7O2. The number of nitrogens with zero attached hydrogens (tertiary/aromatic N) is 3.